The molecule has 21 heavy (non-hydrogen) atoms. The fourth-order valence-corrected chi connectivity index (χ4v) is 7.90. The number of carbonyl (C=O) groups excluding carboxylic acids is 1. The first kappa shape index (κ1) is 15.0. The van der Waals surface area contributed by atoms with E-state index in [1.807, 2.05) is 0 Å². The van der Waals surface area contributed by atoms with Crippen molar-refractivity contribution in [2.75, 3.05) is 0 Å². The summed E-state index contributed by atoms with van der Waals surface area (Å²) in [5.74, 6) is 4.07. The van der Waals surface area contributed by atoms with Gasteiger partial charge in [-0.15, -0.1) is 0 Å². The lowest BCUT2D eigenvalue weighted by molar-refractivity contribution is -0.138. The van der Waals surface area contributed by atoms with Crippen molar-refractivity contribution in [2.45, 2.75) is 75.6 Å². The summed E-state index contributed by atoms with van der Waals surface area (Å²) in [5, 5.41) is 0. The summed E-state index contributed by atoms with van der Waals surface area (Å²) in [6.45, 7) is 4.93. The third-order valence-electron chi connectivity index (χ3n) is 8.31. The van der Waals surface area contributed by atoms with Gasteiger partial charge in [-0.3, -0.25) is 4.79 Å². The van der Waals surface area contributed by atoms with Crippen LogP contribution in [-0.4, -0.2) is 9.71 Å². The van der Waals surface area contributed by atoms with Gasteiger partial charge >= 0.3 is 0 Å². The molecule has 0 aromatic rings. The maximum Gasteiger partial charge on any atom is 0.139 e. The molecular weight excluding hydrogens is 371 g/mol. The monoisotopic (exact) mass is 400 g/mol. The molecule has 0 aliphatic heterocycles. The first-order chi connectivity index (χ1) is 9.95. The maximum absolute atomic E-state index is 12.4. The van der Waals surface area contributed by atoms with Gasteiger partial charge in [0.15, 0.2) is 0 Å². The molecule has 0 unspecified atom stereocenters. The van der Waals surface area contributed by atoms with Crippen molar-refractivity contribution in [1.29, 1.82) is 0 Å². The topological polar surface area (TPSA) is 17.1 Å². The van der Waals surface area contributed by atoms with E-state index in [9.17, 15) is 4.79 Å². The Morgan fingerprint density at radius 3 is 2.62 bits per heavy atom. The minimum absolute atomic E-state index is 0.0603. The predicted octanol–water partition coefficient (Wildman–Crippen LogP) is 5.40. The maximum atomic E-state index is 12.4. The smallest absolute Gasteiger partial charge is 0.139 e. The molecule has 0 spiro atoms. The molecule has 4 saturated carbocycles. The van der Waals surface area contributed by atoms with Crippen molar-refractivity contribution >= 4 is 28.4 Å². The molecule has 0 N–H and O–H groups in total. The number of hydrogen-bond donors (Lipinski definition) is 0. The molecule has 1 nitrogen and oxygen atoms in total. The summed E-state index contributed by atoms with van der Waals surface area (Å²) in [5.41, 5.74) is 0.655. The zero-order chi connectivity index (χ0) is 14.8. The van der Waals surface area contributed by atoms with Crippen molar-refractivity contribution in [1.82, 2.24) is 0 Å². The van der Waals surface area contributed by atoms with Crippen molar-refractivity contribution in [3.05, 3.63) is 0 Å². The Labute approximate surface area is 143 Å². The van der Waals surface area contributed by atoms with Crippen molar-refractivity contribution in [3.8, 4) is 0 Å². The summed E-state index contributed by atoms with van der Waals surface area (Å²) in [7, 11) is 0. The second-order valence-corrected chi connectivity index (χ2v) is 10.7. The van der Waals surface area contributed by atoms with Crippen LogP contribution in [0.5, 0.6) is 0 Å². The van der Waals surface area contributed by atoms with E-state index >= 15 is 0 Å². The van der Waals surface area contributed by atoms with Crippen molar-refractivity contribution in [3.63, 3.8) is 0 Å². The van der Waals surface area contributed by atoms with Gasteiger partial charge in [0, 0.05) is 15.8 Å². The number of halogens is 1. The fourth-order valence-electron chi connectivity index (χ4n) is 6.98. The van der Waals surface area contributed by atoms with E-state index in [2.05, 4.69) is 36.4 Å². The molecule has 4 rings (SSSR count). The van der Waals surface area contributed by atoms with Crippen LogP contribution in [0.2, 0.25) is 0 Å². The van der Waals surface area contributed by atoms with Gasteiger partial charge in [-0.2, -0.15) is 0 Å². The van der Waals surface area contributed by atoms with Gasteiger partial charge in [-0.05, 0) is 80.5 Å². The quantitative estimate of drug-likeness (QED) is 0.393. The van der Waals surface area contributed by atoms with E-state index in [0.717, 1.165) is 34.0 Å². The van der Waals surface area contributed by atoms with E-state index in [1.165, 1.54) is 51.4 Å². The highest BCUT2D eigenvalue weighted by atomic mass is 127. The number of ketones is 1. The van der Waals surface area contributed by atoms with E-state index < -0.39 is 0 Å². The summed E-state index contributed by atoms with van der Waals surface area (Å²) in [6.07, 6.45) is 11.8. The standard InChI is InChI=1S/C19H29IO/c1-18-9-7-13(20)11-12(18)3-4-14-15-5-6-17(21)19(15,2)10-8-16(14)18/h12-16H,3-11H2,1-2H3/t12-,13-,14-,15-,16-,18-,19-/m0/s1. The molecule has 7 atom stereocenters. The second kappa shape index (κ2) is 4.95. The summed E-state index contributed by atoms with van der Waals surface area (Å²) >= 11 is 2.69. The molecule has 4 aliphatic rings. The van der Waals surface area contributed by atoms with Gasteiger partial charge in [0.05, 0.1) is 0 Å². The van der Waals surface area contributed by atoms with E-state index in [4.69, 9.17) is 0 Å². The first-order valence-electron chi connectivity index (χ1n) is 9.12. The van der Waals surface area contributed by atoms with Gasteiger partial charge in [0.2, 0.25) is 0 Å². The molecule has 0 heterocycles. The van der Waals surface area contributed by atoms with Gasteiger partial charge in [-0.1, -0.05) is 36.4 Å². The third kappa shape index (κ3) is 2.03. The minimum atomic E-state index is 0.0603. The van der Waals surface area contributed by atoms with E-state index in [0.29, 0.717) is 11.2 Å². The molecule has 4 aliphatic carbocycles. The lowest BCUT2D eigenvalue weighted by Crippen LogP contribution is -2.53. The van der Waals surface area contributed by atoms with Gasteiger partial charge in [0.1, 0.15) is 5.78 Å². The summed E-state index contributed by atoms with van der Waals surface area (Å²) in [4.78, 5) is 12.4. The lowest BCUT2D eigenvalue weighted by Gasteiger charge is -2.60. The number of rotatable bonds is 0. The molecule has 118 valence electrons. The molecular formula is C19H29IO. The third-order valence-corrected chi connectivity index (χ3v) is 9.44. The SMILES string of the molecule is C[C@]12CC[C@H](I)C[C@@H]1CC[C@@H]1[C@@H]2CC[C@]2(C)C(=O)CC[C@@H]12. The first-order valence-corrected chi connectivity index (χ1v) is 10.4. The highest BCUT2D eigenvalue weighted by molar-refractivity contribution is 14.1. The molecule has 4 fully saturated rings. The molecule has 0 aromatic carbocycles. The van der Waals surface area contributed by atoms with Crippen LogP contribution in [0.3, 0.4) is 0 Å². The molecule has 0 bridgehead atoms. The van der Waals surface area contributed by atoms with E-state index in [-0.39, 0.29) is 5.41 Å². The van der Waals surface area contributed by atoms with Crippen LogP contribution < -0.4 is 0 Å². The van der Waals surface area contributed by atoms with Crippen LogP contribution in [0.25, 0.3) is 0 Å². The normalized spacial score (nSPS) is 56.5. The number of hydrogen-bond acceptors (Lipinski definition) is 1. The van der Waals surface area contributed by atoms with E-state index in [1.54, 1.807) is 0 Å². The predicted molar refractivity (Wildman–Crippen MR) is 94.5 cm³/mol. The molecule has 0 amide bonds. The van der Waals surface area contributed by atoms with Crippen LogP contribution in [-0.2, 0) is 4.79 Å². The van der Waals surface area contributed by atoms with Gasteiger partial charge in [0.25, 0.3) is 0 Å². The Balaban J connectivity index is 1.64. The Morgan fingerprint density at radius 1 is 1.00 bits per heavy atom. The second-order valence-electron chi connectivity index (χ2n) is 8.95. The zero-order valence-corrected chi connectivity index (χ0v) is 15.7. The van der Waals surface area contributed by atoms with Crippen molar-refractivity contribution < 1.29 is 4.79 Å². The number of Topliss-reactive ketones (excluding diaryl/α,β-unsaturated/α-hetero) is 1. The summed E-state index contributed by atoms with van der Waals surface area (Å²) < 4.78 is 0.916. The molecule has 2 heteroatoms. The number of carbonyl (C=O) groups is 1. The molecule has 0 radical (unpaired) electrons. The average Bonchev–Trinajstić information content (AvgIpc) is 2.76. The Morgan fingerprint density at radius 2 is 1.81 bits per heavy atom. The molecule has 0 aromatic heterocycles. The van der Waals surface area contributed by atoms with Crippen LogP contribution >= 0.6 is 22.6 Å². The molecule has 0 saturated heterocycles. The van der Waals surface area contributed by atoms with Crippen molar-refractivity contribution in [2.24, 2.45) is 34.5 Å². The zero-order valence-electron chi connectivity index (χ0n) is 13.5. The average molecular weight is 400 g/mol. The van der Waals surface area contributed by atoms with Crippen LogP contribution in [0.1, 0.15) is 71.6 Å². The highest BCUT2D eigenvalue weighted by Gasteiger charge is 2.59. The highest BCUT2D eigenvalue weighted by Crippen LogP contribution is 2.65. The fraction of sp³-hybridized carbons (Fsp3) is 0.947. The van der Waals surface area contributed by atoms with Gasteiger partial charge < -0.3 is 0 Å². The lowest BCUT2D eigenvalue weighted by atomic mass is 9.45. The van der Waals surface area contributed by atoms with Gasteiger partial charge in [-0.25, -0.2) is 0 Å². The van der Waals surface area contributed by atoms with Crippen LogP contribution in [0.15, 0.2) is 0 Å². The Hall–Kier alpha value is 0.400. The number of fused-ring (bicyclic) bond motifs is 5. The Bertz CT molecular complexity index is 460. The largest absolute Gasteiger partial charge is 0.299 e. The Kier molecular flexibility index (Phi) is 3.52. The van der Waals surface area contributed by atoms with Crippen LogP contribution in [0.4, 0.5) is 0 Å². The van der Waals surface area contributed by atoms with Crippen LogP contribution in [0, 0.1) is 34.5 Å². The number of alkyl halides is 1. The minimum Gasteiger partial charge on any atom is -0.299 e. The summed E-state index contributed by atoms with van der Waals surface area (Å²) in [6, 6.07) is 0.